The molecule has 10 heteroatoms. The van der Waals surface area contributed by atoms with E-state index in [9.17, 15) is 14.4 Å². The molecule has 2 aromatic carbocycles. The van der Waals surface area contributed by atoms with Crippen molar-refractivity contribution in [2.45, 2.75) is 33.4 Å². The first-order valence-corrected chi connectivity index (χ1v) is 12.1. The van der Waals surface area contributed by atoms with Gasteiger partial charge in [0, 0.05) is 5.02 Å². The summed E-state index contributed by atoms with van der Waals surface area (Å²) in [6.07, 6.45) is 1.53. The fourth-order valence-electron chi connectivity index (χ4n) is 3.14. The van der Waals surface area contributed by atoms with Crippen molar-refractivity contribution in [1.82, 2.24) is 4.90 Å². The highest BCUT2D eigenvalue weighted by molar-refractivity contribution is 8.18. The van der Waals surface area contributed by atoms with Crippen LogP contribution in [0, 0.1) is 0 Å². The number of hydrogen-bond acceptors (Lipinski definition) is 7. The Bertz CT molecular complexity index is 1120. The second-order valence-electron chi connectivity index (χ2n) is 7.16. The number of esters is 1. The molecule has 3 rings (SSSR count). The van der Waals surface area contributed by atoms with Crippen LogP contribution in [0.1, 0.15) is 31.9 Å². The molecule has 1 aliphatic rings. The van der Waals surface area contributed by atoms with Gasteiger partial charge in [-0.15, -0.1) is 0 Å². The van der Waals surface area contributed by atoms with Gasteiger partial charge in [-0.3, -0.25) is 14.5 Å². The normalized spacial score (nSPS) is 15.6. The molecule has 0 N–H and O–H groups in total. The summed E-state index contributed by atoms with van der Waals surface area (Å²) in [5.74, 6) is -0.461. The van der Waals surface area contributed by atoms with Gasteiger partial charge >= 0.3 is 5.97 Å². The average Bonchev–Trinajstić information content (AvgIpc) is 3.07. The van der Waals surface area contributed by atoms with Gasteiger partial charge in [-0.05, 0) is 74.0 Å². The number of imide groups is 1. The monoisotopic (exact) mass is 523 g/mol. The number of halogens is 2. The van der Waals surface area contributed by atoms with Gasteiger partial charge in [0.05, 0.1) is 23.1 Å². The Morgan fingerprint density at radius 1 is 1.09 bits per heavy atom. The van der Waals surface area contributed by atoms with E-state index in [2.05, 4.69) is 0 Å². The molecule has 1 aliphatic heterocycles. The fourth-order valence-corrected chi connectivity index (χ4v) is 4.45. The van der Waals surface area contributed by atoms with E-state index >= 15 is 0 Å². The molecule has 0 bridgehead atoms. The largest absolute Gasteiger partial charge is 0.490 e. The second kappa shape index (κ2) is 11.6. The number of carbonyl (C=O) groups excluding carboxylic acids is 3. The minimum Gasteiger partial charge on any atom is -0.490 e. The smallest absolute Gasteiger partial charge is 0.329 e. The van der Waals surface area contributed by atoms with E-state index < -0.39 is 23.2 Å². The number of nitrogens with zero attached hydrogens (tertiary/aromatic N) is 1. The van der Waals surface area contributed by atoms with Gasteiger partial charge in [-0.2, -0.15) is 0 Å². The van der Waals surface area contributed by atoms with Crippen LogP contribution in [0.5, 0.6) is 11.5 Å². The van der Waals surface area contributed by atoms with E-state index in [4.69, 9.17) is 37.4 Å². The van der Waals surface area contributed by atoms with Crippen molar-refractivity contribution >= 4 is 58.2 Å². The molecule has 180 valence electrons. The van der Waals surface area contributed by atoms with E-state index in [-0.39, 0.29) is 23.1 Å². The summed E-state index contributed by atoms with van der Waals surface area (Å²) >= 11 is 13.1. The Labute approximate surface area is 211 Å². The molecule has 0 saturated carbocycles. The van der Waals surface area contributed by atoms with Crippen LogP contribution >= 0.6 is 35.0 Å². The third-order valence-corrected chi connectivity index (χ3v) is 6.18. The van der Waals surface area contributed by atoms with Crippen molar-refractivity contribution in [2.75, 3.05) is 13.2 Å². The third-order valence-electron chi connectivity index (χ3n) is 4.76. The lowest BCUT2D eigenvalue weighted by atomic mass is 10.1. The lowest BCUT2D eigenvalue weighted by Gasteiger charge is -2.19. The summed E-state index contributed by atoms with van der Waals surface area (Å²) in [6.45, 7) is 5.70. The maximum Gasteiger partial charge on any atom is 0.329 e. The Kier molecular flexibility index (Phi) is 8.88. The lowest BCUT2D eigenvalue weighted by Crippen LogP contribution is -2.42. The van der Waals surface area contributed by atoms with Crippen molar-refractivity contribution in [3.63, 3.8) is 0 Å². The van der Waals surface area contributed by atoms with Gasteiger partial charge in [0.15, 0.2) is 11.5 Å². The topological polar surface area (TPSA) is 82.1 Å². The quantitative estimate of drug-likeness (QED) is 0.296. The van der Waals surface area contributed by atoms with Crippen molar-refractivity contribution < 1.29 is 28.6 Å². The standard InChI is InChI=1S/C24H23Cl2NO6S/c1-4-31-19-11-16(10-18(26)21(19)33-13-15-6-8-17(25)9-7-15)12-20-22(28)27(24(30)34-20)14(3)23(29)32-5-2/h6-12,14H,4-5,13H2,1-3H3/b20-12+/t14-/m0/s1. The van der Waals surface area contributed by atoms with E-state index in [1.165, 1.54) is 13.0 Å². The molecular weight excluding hydrogens is 501 g/mol. The highest BCUT2D eigenvalue weighted by atomic mass is 35.5. The predicted molar refractivity (Wildman–Crippen MR) is 132 cm³/mol. The molecule has 1 atom stereocenters. The Hall–Kier alpha value is -2.68. The molecule has 0 spiro atoms. The first-order valence-electron chi connectivity index (χ1n) is 10.5. The number of hydrogen-bond donors (Lipinski definition) is 0. The lowest BCUT2D eigenvalue weighted by molar-refractivity contribution is -0.150. The van der Waals surface area contributed by atoms with Crippen molar-refractivity contribution in [1.29, 1.82) is 0 Å². The van der Waals surface area contributed by atoms with Crippen molar-refractivity contribution in [2.24, 2.45) is 0 Å². The number of rotatable bonds is 9. The number of amides is 2. The van der Waals surface area contributed by atoms with E-state index in [1.807, 2.05) is 19.1 Å². The molecule has 7 nitrogen and oxygen atoms in total. The second-order valence-corrected chi connectivity index (χ2v) is 8.99. The van der Waals surface area contributed by atoms with Gasteiger partial charge in [0.2, 0.25) is 0 Å². The zero-order valence-electron chi connectivity index (χ0n) is 18.8. The maximum absolute atomic E-state index is 12.8. The molecule has 1 fully saturated rings. The van der Waals surface area contributed by atoms with Crippen molar-refractivity contribution in [3.8, 4) is 11.5 Å². The highest BCUT2D eigenvalue weighted by Gasteiger charge is 2.41. The molecule has 0 aliphatic carbocycles. The molecule has 0 radical (unpaired) electrons. The first kappa shape index (κ1) is 25.9. The summed E-state index contributed by atoms with van der Waals surface area (Å²) < 4.78 is 16.5. The molecule has 34 heavy (non-hydrogen) atoms. The summed E-state index contributed by atoms with van der Waals surface area (Å²) in [7, 11) is 0. The minimum atomic E-state index is -1.02. The van der Waals surface area contributed by atoms with Gasteiger partial charge in [-0.25, -0.2) is 4.79 Å². The fraction of sp³-hybridized carbons (Fsp3) is 0.292. The number of ether oxygens (including phenoxy) is 3. The van der Waals surface area contributed by atoms with E-state index in [0.29, 0.717) is 28.7 Å². The first-order chi connectivity index (χ1) is 16.2. The molecule has 1 saturated heterocycles. The Balaban J connectivity index is 1.84. The maximum atomic E-state index is 12.8. The molecule has 2 amide bonds. The molecule has 2 aromatic rings. The summed E-state index contributed by atoms with van der Waals surface area (Å²) in [4.78, 5) is 38.3. The highest BCUT2D eigenvalue weighted by Crippen LogP contribution is 2.40. The van der Waals surface area contributed by atoms with Gasteiger partial charge in [-0.1, -0.05) is 35.3 Å². The summed E-state index contributed by atoms with van der Waals surface area (Å²) in [6, 6.07) is 9.49. The number of carbonyl (C=O) groups is 3. The molecule has 0 aromatic heterocycles. The number of benzene rings is 2. The Morgan fingerprint density at radius 2 is 1.79 bits per heavy atom. The van der Waals surface area contributed by atoms with Gasteiger partial charge < -0.3 is 14.2 Å². The van der Waals surface area contributed by atoms with Gasteiger partial charge in [0.1, 0.15) is 12.6 Å². The predicted octanol–water partition coefficient (Wildman–Crippen LogP) is 5.96. The minimum absolute atomic E-state index is 0.153. The van der Waals surface area contributed by atoms with Crippen LogP contribution in [-0.2, 0) is 20.9 Å². The van der Waals surface area contributed by atoms with E-state index in [1.54, 1.807) is 31.2 Å². The van der Waals surface area contributed by atoms with Crippen LogP contribution in [-0.4, -0.2) is 41.3 Å². The Morgan fingerprint density at radius 3 is 2.44 bits per heavy atom. The SMILES string of the molecule is CCOC(=O)[C@H](C)N1C(=O)S/C(=C/c2cc(Cl)c(OCc3ccc(Cl)cc3)c(OCC)c2)C1=O. The zero-order valence-corrected chi connectivity index (χ0v) is 21.1. The zero-order chi connectivity index (χ0) is 24.8. The van der Waals surface area contributed by atoms with Gasteiger partial charge in [0.25, 0.3) is 11.1 Å². The van der Waals surface area contributed by atoms with Crippen molar-refractivity contribution in [3.05, 3.63) is 62.5 Å². The van der Waals surface area contributed by atoms with Crippen LogP contribution in [0.3, 0.4) is 0 Å². The van der Waals surface area contributed by atoms with E-state index in [0.717, 1.165) is 22.2 Å². The summed E-state index contributed by atoms with van der Waals surface area (Å²) in [5, 5.41) is 0.364. The molecular formula is C24H23Cl2NO6S. The average molecular weight is 524 g/mol. The van der Waals surface area contributed by atoms with Crippen LogP contribution in [0.25, 0.3) is 6.08 Å². The number of thioether (sulfide) groups is 1. The molecule has 1 heterocycles. The third kappa shape index (κ3) is 6.05. The van der Waals surface area contributed by atoms with Crippen LogP contribution in [0.2, 0.25) is 10.0 Å². The molecule has 0 unspecified atom stereocenters. The van der Waals surface area contributed by atoms with Crippen LogP contribution in [0.15, 0.2) is 41.3 Å². The van der Waals surface area contributed by atoms with Crippen LogP contribution < -0.4 is 9.47 Å². The van der Waals surface area contributed by atoms with Crippen LogP contribution in [0.4, 0.5) is 4.79 Å². The summed E-state index contributed by atoms with van der Waals surface area (Å²) in [5.41, 5.74) is 1.44.